The number of methoxy groups -OCH3 is 1. The fourth-order valence-corrected chi connectivity index (χ4v) is 8.65. The van der Waals surface area contributed by atoms with Gasteiger partial charge < -0.3 is 34.6 Å². The molecule has 3 fully saturated rings. The van der Waals surface area contributed by atoms with Gasteiger partial charge in [-0.2, -0.15) is 0 Å². The van der Waals surface area contributed by atoms with Gasteiger partial charge in [0.05, 0.1) is 36.7 Å². The van der Waals surface area contributed by atoms with E-state index < -0.39 is 80.2 Å². The Morgan fingerprint density at radius 2 is 1.78 bits per heavy atom. The van der Waals surface area contributed by atoms with E-state index in [-0.39, 0.29) is 32.5 Å². The Labute approximate surface area is 349 Å². The molecule has 0 spiro atoms. The van der Waals surface area contributed by atoms with Gasteiger partial charge in [-0.15, -0.1) is 6.58 Å². The van der Waals surface area contributed by atoms with Crippen LogP contribution in [0.5, 0.6) is 11.5 Å². The van der Waals surface area contributed by atoms with Crippen LogP contribution in [-0.2, 0) is 33.9 Å². The molecule has 3 aliphatic rings. The number of amides is 5. The van der Waals surface area contributed by atoms with Crippen LogP contribution in [-0.4, -0.2) is 114 Å². The Kier molecular flexibility index (Phi) is 12.6. The van der Waals surface area contributed by atoms with Crippen LogP contribution in [0.1, 0.15) is 53.4 Å². The molecule has 0 unspecified atom stereocenters. The van der Waals surface area contributed by atoms with Crippen molar-refractivity contribution in [2.75, 3.05) is 26.7 Å². The van der Waals surface area contributed by atoms with E-state index in [1.165, 1.54) is 15.9 Å². The van der Waals surface area contributed by atoms with Crippen molar-refractivity contribution in [3.05, 3.63) is 79.9 Å². The van der Waals surface area contributed by atoms with Gasteiger partial charge in [0.2, 0.25) is 27.7 Å². The number of hydrogen-bond donors (Lipinski definition) is 3. The predicted molar refractivity (Wildman–Crippen MR) is 223 cm³/mol. The van der Waals surface area contributed by atoms with E-state index in [4.69, 9.17) is 19.2 Å². The number of likely N-dealkylation sites (tertiary alicyclic amines) is 1. The van der Waals surface area contributed by atoms with Crippen molar-refractivity contribution < 1.29 is 46.6 Å². The van der Waals surface area contributed by atoms with Crippen LogP contribution in [0.15, 0.2) is 79.9 Å². The zero-order valence-electron chi connectivity index (χ0n) is 34.4. The molecule has 1 aromatic heterocycles. The number of nitrogens with zero attached hydrogens (tertiary/aromatic N) is 3. The molecule has 320 valence electrons. The lowest BCUT2D eigenvalue weighted by Crippen LogP contribution is -2.60. The molecule has 2 saturated carbocycles. The standard InChI is InChI=1S/C43H52N6O10S/c1-8-27-23-43(27,40(53)47-60(55,56)30-17-18-30)46-38(51)35-21-29(24-49(35)39(52)34(25-48(10-3)37(50)9-2)45-41(54)59-42(4,5)6)58-36-22-32(26-14-12-11-13-15-26)44-33-20-28(57-7)16-19-31(33)36/h8-9,11-16,19-20,22,27,29-30,34-35H,1-2,10,17-18,21,23-25H2,3-7H3,(H,45,54)(H,46,51)(H,47,53)/t27-,29-,34+,35+,43-/m1/s1. The summed E-state index contributed by atoms with van der Waals surface area (Å²) < 4.78 is 45.4. The van der Waals surface area contributed by atoms with Crippen LogP contribution in [0.25, 0.3) is 22.2 Å². The molecular weight excluding hydrogens is 793 g/mol. The Balaban J connectivity index is 1.37. The summed E-state index contributed by atoms with van der Waals surface area (Å²) >= 11 is 0. The molecular formula is C43H52N6O10S. The average molecular weight is 845 g/mol. The number of likely N-dealkylation sites (N-methyl/N-ethyl adjacent to an activating group) is 1. The van der Waals surface area contributed by atoms with Crippen molar-refractivity contribution in [1.29, 1.82) is 0 Å². The number of hydrogen-bond acceptors (Lipinski definition) is 11. The lowest BCUT2D eigenvalue weighted by Gasteiger charge is -2.32. The third-order valence-electron chi connectivity index (χ3n) is 10.7. The first-order chi connectivity index (χ1) is 28.4. The lowest BCUT2D eigenvalue weighted by atomic mass is 10.1. The van der Waals surface area contributed by atoms with Crippen molar-refractivity contribution in [2.24, 2.45) is 5.92 Å². The Morgan fingerprint density at radius 3 is 2.38 bits per heavy atom. The van der Waals surface area contributed by atoms with Crippen LogP contribution in [0.4, 0.5) is 4.79 Å². The summed E-state index contributed by atoms with van der Waals surface area (Å²) in [7, 11) is -2.42. The number of alkyl carbamates (subject to hydrolysis) is 1. The molecule has 6 rings (SSSR count). The van der Waals surface area contributed by atoms with E-state index in [0.717, 1.165) is 11.6 Å². The molecule has 5 atom stereocenters. The minimum absolute atomic E-state index is 0.0721. The summed E-state index contributed by atoms with van der Waals surface area (Å²) in [5, 5.41) is 5.32. The molecule has 3 N–H and O–H groups in total. The third-order valence-corrected chi connectivity index (χ3v) is 12.5. The summed E-state index contributed by atoms with van der Waals surface area (Å²) in [4.78, 5) is 76.4. The maximum absolute atomic E-state index is 14.8. The van der Waals surface area contributed by atoms with Crippen LogP contribution >= 0.6 is 0 Å². The van der Waals surface area contributed by atoms with Gasteiger partial charge in [-0.1, -0.05) is 43.0 Å². The number of carbonyl (C=O) groups is 5. The zero-order chi connectivity index (χ0) is 43.6. The molecule has 16 nitrogen and oxygen atoms in total. The highest BCUT2D eigenvalue weighted by molar-refractivity contribution is 7.91. The van der Waals surface area contributed by atoms with Gasteiger partial charge >= 0.3 is 6.09 Å². The number of pyridine rings is 1. The number of benzene rings is 2. The van der Waals surface area contributed by atoms with E-state index in [0.29, 0.717) is 40.9 Å². The van der Waals surface area contributed by atoms with Crippen molar-refractivity contribution in [2.45, 2.75) is 88.0 Å². The van der Waals surface area contributed by atoms with Crippen molar-refractivity contribution in [1.82, 2.24) is 30.1 Å². The fraction of sp³-hybridized carbons (Fsp3) is 0.442. The van der Waals surface area contributed by atoms with E-state index in [9.17, 15) is 32.4 Å². The highest BCUT2D eigenvalue weighted by atomic mass is 32.2. The first kappa shape index (κ1) is 43.6. The minimum Gasteiger partial charge on any atom is -0.497 e. The van der Waals surface area contributed by atoms with Gasteiger partial charge in [-0.05, 0) is 65.2 Å². The third kappa shape index (κ3) is 9.73. The van der Waals surface area contributed by atoms with E-state index in [1.54, 1.807) is 59.1 Å². The van der Waals surface area contributed by atoms with E-state index >= 15 is 0 Å². The summed E-state index contributed by atoms with van der Waals surface area (Å²) in [6.45, 7) is 13.7. The number of sulfonamides is 1. The number of ether oxygens (including phenoxy) is 3. The van der Waals surface area contributed by atoms with Gasteiger partial charge in [0.25, 0.3) is 5.91 Å². The quantitative estimate of drug-likeness (QED) is 0.140. The second kappa shape index (κ2) is 17.3. The van der Waals surface area contributed by atoms with E-state index in [1.807, 2.05) is 30.3 Å². The zero-order valence-corrected chi connectivity index (χ0v) is 35.3. The fourth-order valence-electron chi connectivity index (χ4n) is 7.29. The summed E-state index contributed by atoms with van der Waals surface area (Å²) in [6, 6.07) is 13.9. The summed E-state index contributed by atoms with van der Waals surface area (Å²) in [5.41, 5.74) is -0.595. The van der Waals surface area contributed by atoms with Gasteiger partial charge in [-0.3, -0.25) is 23.9 Å². The maximum Gasteiger partial charge on any atom is 0.408 e. The Hall–Kier alpha value is -5.97. The number of carbonyl (C=O) groups excluding carboxylic acids is 5. The van der Waals surface area contributed by atoms with Crippen LogP contribution in [0.3, 0.4) is 0 Å². The summed E-state index contributed by atoms with van der Waals surface area (Å²) in [6.07, 6.45) is 1.67. The highest BCUT2D eigenvalue weighted by Gasteiger charge is 2.62. The number of rotatable bonds is 16. The van der Waals surface area contributed by atoms with Crippen LogP contribution in [0, 0.1) is 5.92 Å². The molecule has 3 aromatic rings. The average Bonchev–Trinajstić information content (AvgIpc) is 4.15. The van der Waals surface area contributed by atoms with Gasteiger partial charge in [0.15, 0.2) is 0 Å². The molecule has 2 aromatic carbocycles. The first-order valence-electron chi connectivity index (χ1n) is 19.8. The molecule has 5 amide bonds. The Morgan fingerprint density at radius 1 is 1.07 bits per heavy atom. The molecule has 1 aliphatic heterocycles. The SMILES string of the molecule is C=CC(=O)N(CC)C[C@H](NC(=O)OC(C)(C)C)C(=O)N1C[C@H](Oc2cc(-c3ccccc3)nc3cc(OC)ccc23)C[C@H]1C(=O)N[C@]1(C(=O)NS(=O)(=O)C2CC2)C[C@H]1C=C. The molecule has 2 heterocycles. The Bertz CT molecular complexity index is 2290. The van der Waals surface area contributed by atoms with Crippen molar-refractivity contribution in [3.8, 4) is 22.8 Å². The van der Waals surface area contributed by atoms with E-state index in [2.05, 4.69) is 28.5 Å². The number of nitrogens with one attached hydrogen (secondary N) is 3. The second-order valence-electron chi connectivity index (χ2n) is 16.2. The molecule has 0 bridgehead atoms. The minimum atomic E-state index is -3.96. The molecule has 2 aliphatic carbocycles. The molecule has 60 heavy (non-hydrogen) atoms. The predicted octanol–water partition coefficient (Wildman–Crippen LogP) is 3.86. The number of aromatic nitrogens is 1. The highest BCUT2D eigenvalue weighted by Crippen LogP contribution is 2.45. The smallest absolute Gasteiger partial charge is 0.408 e. The van der Waals surface area contributed by atoms with Crippen LogP contribution < -0.4 is 24.8 Å². The van der Waals surface area contributed by atoms with Gasteiger partial charge in [-0.25, -0.2) is 18.2 Å². The topological polar surface area (TPSA) is 203 Å². The molecule has 1 saturated heterocycles. The lowest BCUT2D eigenvalue weighted by molar-refractivity contribution is -0.142. The first-order valence-corrected chi connectivity index (χ1v) is 21.4. The largest absolute Gasteiger partial charge is 0.497 e. The van der Waals surface area contributed by atoms with Crippen LogP contribution in [0.2, 0.25) is 0 Å². The molecule has 0 radical (unpaired) electrons. The summed E-state index contributed by atoms with van der Waals surface area (Å²) in [5.74, 6) is -2.48. The van der Waals surface area contributed by atoms with Crippen molar-refractivity contribution in [3.63, 3.8) is 0 Å². The molecule has 17 heteroatoms. The maximum atomic E-state index is 14.8. The normalized spacial score (nSPS) is 21.6. The monoisotopic (exact) mass is 844 g/mol. The van der Waals surface area contributed by atoms with Gasteiger partial charge in [0.1, 0.15) is 40.8 Å². The number of fused-ring (bicyclic) bond motifs is 1. The second-order valence-corrected chi connectivity index (χ2v) is 18.2. The van der Waals surface area contributed by atoms with Crippen molar-refractivity contribution >= 4 is 50.6 Å². The van der Waals surface area contributed by atoms with Gasteiger partial charge in [0, 0.05) is 42.0 Å².